The molecule has 18 heavy (non-hydrogen) atoms. The van der Waals surface area contributed by atoms with Crippen molar-refractivity contribution < 1.29 is 14.3 Å². The molecule has 0 aromatic rings. The summed E-state index contributed by atoms with van der Waals surface area (Å²) in [4.78, 5) is 26.7. The molecule has 1 fully saturated rings. The van der Waals surface area contributed by atoms with Crippen molar-refractivity contribution in [2.75, 3.05) is 32.8 Å². The van der Waals surface area contributed by atoms with Crippen molar-refractivity contribution in [2.24, 2.45) is 5.73 Å². The molecule has 0 aliphatic carbocycles. The molecule has 6 nitrogen and oxygen atoms in total. The Morgan fingerprint density at radius 2 is 1.78 bits per heavy atom. The summed E-state index contributed by atoms with van der Waals surface area (Å²) in [5.41, 5.74) is 5.63. The Hall–Kier alpha value is -1.30. The third-order valence-corrected chi connectivity index (χ3v) is 2.97. The Kier molecular flexibility index (Phi) is 5.91. The van der Waals surface area contributed by atoms with Crippen LogP contribution in [0.4, 0.5) is 4.79 Å². The topological polar surface area (TPSA) is 75.9 Å². The maximum Gasteiger partial charge on any atom is 0.409 e. The first-order chi connectivity index (χ1) is 8.54. The van der Waals surface area contributed by atoms with E-state index in [9.17, 15) is 9.59 Å². The fourth-order valence-corrected chi connectivity index (χ4v) is 1.86. The van der Waals surface area contributed by atoms with Gasteiger partial charge < -0.3 is 20.3 Å². The molecule has 0 saturated carbocycles. The van der Waals surface area contributed by atoms with Crippen molar-refractivity contribution >= 4 is 12.0 Å². The number of carbonyl (C=O) groups excluding carboxylic acids is 2. The molecule has 1 rings (SSSR count). The fraction of sp³-hybridized carbons (Fsp3) is 0.833. The third kappa shape index (κ3) is 4.52. The molecule has 1 aliphatic rings. The summed E-state index contributed by atoms with van der Waals surface area (Å²) in [5.74, 6) is 0.121. The summed E-state index contributed by atoms with van der Waals surface area (Å²) in [6.07, 6.45) is 0.897. The van der Waals surface area contributed by atoms with Crippen LogP contribution in [0.5, 0.6) is 0 Å². The first-order valence-corrected chi connectivity index (χ1v) is 6.49. The normalized spacial score (nSPS) is 17.5. The van der Waals surface area contributed by atoms with Crippen LogP contribution in [0.3, 0.4) is 0 Å². The summed E-state index contributed by atoms with van der Waals surface area (Å²) < 4.78 is 4.92. The number of carbonyl (C=O) groups is 2. The van der Waals surface area contributed by atoms with E-state index in [0.717, 1.165) is 0 Å². The van der Waals surface area contributed by atoms with E-state index in [1.54, 1.807) is 16.7 Å². The molecule has 1 atom stereocenters. The average molecular weight is 257 g/mol. The fourth-order valence-electron chi connectivity index (χ4n) is 1.86. The molecule has 0 aromatic carbocycles. The van der Waals surface area contributed by atoms with E-state index in [1.165, 1.54) is 0 Å². The number of nitrogens with two attached hydrogens (primary N) is 1. The highest BCUT2D eigenvalue weighted by Crippen LogP contribution is 2.07. The van der Waals surface area contributed by atoms with Crippen LogP contribution in [-0.4, -0.2) is 60.6 Å². The highest BCUT2D eigenvalue weighted by molar-refractivity contribution is 5.76. The van der Waals surface area contributed by atoms with Gasteiger partial charge in [0.05, 0.1) is 6.61 Å². The number of ether oxygens (including phenoxy) is 1. The summed E-state index contributed by atoms with van der Waals surface area (Å²) in [5, 5.41) is 0. The summed E-state index contributed by atoms with van der Waals surface area (Å²) in [6.45, 7) is 6.31. The lowest BCUT2D eigenvalue weighted by Crippen LogP contribution is -2.50. The smallest absolute Gasteiger partial charge is 0.409 e. The molecule has 0 spiro atoms. The van der Waals surface area contributed by atoms with Gasteiger partial charge in [0.1, 0.15) is 0 Å². The summed E-state index contributed by atoms with van der Waals surface area (Å²) in [7, 11) is 0. The second kappa shape index (κ2) is 7.20. The van der Waals surface area contributed by atoms with Gasteiger partial charge in [-0.2, -0.15) is 0 Å². The molecule has 2 amide bonds. The van der Waals surface area contributed by atoms with Crippen LogP contribution < -0.4 is 5.73 Å². The number of piperazine rings is 1. The van der Waals surface area contributed by atoms with E-state index in [-0.39, 0.29) is 18.0 Å². The summed E-state index contributed by atoms with van der Waals surface area (Å²) >= 11 is 0. The Balaban J connectivity index is 2.30. The van der Waals surface area contributed by atoms with Crippen LogP contribution >= 0.6 is 0 Å². The number of amides is 2. The molecule has 0 aromatic heterocycles. The first kappa shape index (κ1) is 14.8. The standard InChI is InChI=1S/C12H23N3O3/c1-3-18-12(17)15-8-6-14(7-9-15)11(16)5-4-10(2)13/h10H,3-9,13H2,1-2H3. The van der Waals surface area contributed by atoms with Gasteiger partial charge in [-0.15, -0.1) is 0 Å². The SMILES string of the molecule is CCOC(=O)N1CCN(C(=O)CCC(C)N)CC1. The van der Waals surface area contributed by atoms with Gasteiger partial charge in [0.25, 0.3) is 0 Å². The van der Waals surface area contributed by atoms with Gasteiger partial charge in [-0.1, -0.05) is 0 Å². The molecule has 1 aliphatic heterocycles. The number of rotatable bonds is 4. The van der Waals surface area contributed by atoms with Gasteiger partial charge in [0.2, 0.25) is 5.91 Å². The Morgan fingerprint density at radius 3 is 2.28 bits per heavy atom. The van der Waals surface area contributed by atoms with E-state index in [1.807, 2.05) is 6.92 Å². The monoisotopic (exact) mass is 257 g/mol. The zero-order chi connectivity index (χ0) is 13.5. The molecule has 1 saturated heterocycles. The van der Waals surface area contributed by atoms with Crippen molar-refractivity contribution in [2.45, 2.75) is 32.7 Å². The van der Waals surface area contributed by atoms with Crippen molar-refractivity contribution in [1.29, 1.82) is 0 Å². The molecule has 6 heteroatoms. The maximum absolute atomic E-state index is 11.8. The molecule has 1 heterocycles. The van der Waals surface area contributed by atoms with Crippen LogP contribution in [0.2, 0.25) is 0 Å². The third-order valence-electron chi connectivity index (χ3n) is 2.97. The molecule has 0 bridgehead atoms. The number of hydrogen-bond donors (Lipinski definition) is 1. The van der Waals surface area contributed by atoms with E-state index in [2.05, 4.69) is 0 Å². The predicted octanol–water partition coefficient (Wildman–Crippen LogP) is 0.415. The largest absolute Gasteiger partial charge is 0.450 e. The first-order valence-electron chi connectivity index (χ1n) is 6.49. The number of hydrogen-bond acceptors (Lipinski definition) is 4. The van der Waals surface area contributed by atoms with Crippen molar-refractivity contribution in [3.05, 3.63) is 0 Å². The van der Waals surface area contributed by atoms with Gasteiger partial charge in [-0.05, 0) is 20.3 Å². The molecule has 0 radical (unpaired) electrons. The van der Waals surface area contributed by atoms with E-state index in [0.29, 0.717) is 45.6 Å². The molecule has 2 N–H and O–H groups in total. The second-order valence-electron chi connectivity index (χ2n) is 4.58. The predicted molar refractivity (Wildman–Crippen MR) is 68.1 cm³/mol. The van der Waals surface area contributed by atoms with E-state index in [4.69, 9.17) is 10.5 Å². The average Bonchev–Trinajstić information content (AvgIpc) is 2.36. The van der Waals surface area contributed by atoms with Crippen LogP contribution in [0, 0.1) is 0 Å². The van der Waals surface area contributed by atoms with Gasteiger partial charge in [-0.3, -0.25) is 4.79 Å². The van der Waals surface area contributed by atoms with Crippen LogP contribution in [0.25, 0.3) is 0 Å². The van der Waals surface area contributed by atoms with Gasteiger partial charge in [0, 0.05) is 38.6 Å². The molecular weight excluding hydrogens is 234 g/mol. The highest BCUT2D eigenvalue weighted by atomic mass is 16.6. The Bertz CT molecular complexity index is 286. The highest BCUT2D eigenvalue weighted by Gasteiger charge is 2.24. The van der Waals surface area contributed by atoms with Crippen LogP contribution in [0.1, 0.15) is 26.7 Å². The van der Waals surface area contributed by atoms with Crippen molar-refractivity contribution in [1.82, 2.24) is 9.80 Å². The Morgan fingerprint density at radius 1 is 1.22 bits per heavy atom. The van der Waals surface area contributed by atoms with E-state index < -0.39 is 0 Å². The summed E-state index contributed by atoms with van der Waals surface area (Å²) in [6, 6.07) is 0.0507. The molecular formula is C12H23N3O3. The lowest BCUT2D eigenvalue weighted by Gasteiger charge is -2.34. The van der Waals surface area contributed by atoms with Crippen molar-refractivity contribution in [3.8, 4) is 0 Å². The van der Waals surface area contributed by atoms with Crippen molar-refractivity contribution in [3.63, 3.8) is 0 Å². The van der Waals surface area contributed by atoms with E-state index >= 15 is 0 Å². The quantitative estimate of drug-likeness (QED) is 0.791. The van der Waals surface area contributed by atoms with Gasteiger partial charge in [0.15, 0.2) is 0 Å². The molecule has 1 unspecified atom stereocenters. The minimum atomic E-state index is -0.292. The van der Waals surface area contributed by atoms with Crippen LogP contribution in [-0.2, 0) is 9.53 Å². The van der Waals surface area contributed by atoms with Gasteiger partial charge >= 0.3 is 6.09 Å². The lowest BCUT2D eigenvalue weighted by atomic mass is 10.1. The zero-order valence-electron chi connectivity index (χ0n) is 11.2. The van der Waals surface area contributed by atoms with Crippen LogP contribution in [0.15, 0.2) is 0 Å². The number of nitrogens with zero attached hydrogens (tertiary/aromatic N) is 2. The Labute approximate surface area is 108 Å². The second-order valence-corrected chi connectivity index (χ2v) is 4.58. The minimum absolute atomic E-state index is 0.0507. The van der Waals surface area contributed by atoms with Gasteiger partial charge in [-0.25, -0.2) is 4.79 Å². The molecule has 104 valence electrons. The zero-order valence-corrected chi connectivity index (χ0v) is 11.2. The maximum atomic E-state index is 11.8. The minimum Gasteiger partial charge on any atom is -0.450 e. The lowest BCUT2D eigenvalue weighted by molar-refractivity contribution is -0.133.